The van der Waals surface area contributed by atoms with E-state index in [4.69, 9.17) is 14.2 Å². The van der Waals surface area contributed by atoms with E-state index in [-0.39, 0.29) is 17.7 Å². The quantitative estimate of drug-likeness (QED) is 0.248. The summed E-state index contributed by atoms with van der Waals surface area (Å²) in [5.74, 6) is 0.551. The van der Waals surface area contributed by atoms with E-state index in [9.17, 15) is 9.59 Å². The van der Waals surface area contributed by atoms with Crippen molar-refractivity contribution in [2.24, 2.45) is 4.99 Å². The minimum Gasteiger partial charge on any atom is -0.497 e. The molecule has 3 heterocycles. The number of hydrogen-bond donors (Lipinski definition) is 0. The van der Waals surface area contributed by atoms with Gasteiger partial charge in [-0.3, -0.25) is 9.36 Å². The lowest BCUT2D eigenvalue weighted by atomic mass is 9.94. The third-order valence-corrected chi connectivity index (χ3v) is 7.66. The number of carbonyl (C=O) groups excluding carboxylic acids is 1. The summed E-state index contributed by atoms with van der Waals surface area (Å²) in [7, 11) is 3.11. The van der Waals surface area contributed by atoms with Gasteiger partial charge in [0.05, 0.1) is 36.6 Å². The Morgan fingerprint density at radius 3 is 2.69 bits per heavy atom. The fourth-order valence-corrected chi connectivity index (χ4v) is 6.00. The number of nitrogens with zero attached hydrogens (tertiary/aromatic N) is 3. The zero-order valence-electron chi connectivity index (χ0n) is 22.3. The first-order valence-corrected chi connectivity index (χ1v) is 13.3. The smallest absolute Gasteiger partial charge is 0.338 e. The molecular weight excluding hydrogens is 514 g/mol. The van der Waals surface area contributed by atoms with Crippen LogP contribution in [-0.4, -0.2) is 35.9 Å². The van der Waals surface area contributed by atoms with Gasteiger partial charge >= 0.3 is 5.97 Å². The van der Waals surface area contributed by atoms with Crippen molar-refractivity contribution in [2.75, 3.05) is 20.8 Å². The number of methoxy groups -OCH3 is 2. The fraction of sp³-hybridized carbons (Fsp3) is 0.233. The number of para-hydroxylation sites is 1. The molecule has 1 aliphatic rings. The Balaban J connectivity index is 1.78. The lowest BCUT2D eigenvalue weighted by molar-refractivity contribution is -0.139. The Kier molecular flexibility index (Phi) is 7.26. The average molecular weight is 544 g/mol. The normalized spacial score (nSPS) is 15.2. The van der Waals surface area contributed by atoms with Crippen LogP contribution in [0.1, 0.15) is 31.0 Å². The molecule has 0 bridgehead atoms. The van der Waals surface area contributed by atoms with Gasteiger partial charge in [0.25, 0.3) is 5.56 Å². The molecule has 1 atom stereocenters. The van der Waals surface area contributed by atoms with Crippen LogP contribution >= 0.6 is 11.3 Å². The van der Waals surface area contributed by atoms with E-state index < -0.39 is 12.0 Å². The van der Waals surface area contributed by atoms with Crippen molar-refractivity contribution in [3.05, 3.63) is 103 Å². The molecule has 0 saturated heterocycles. The summed E-state index contributed by atoms with van der Waals surface area (Å²) in [6, 6.07) is 12.5. The summed E-state index contributed by atoms with van der Waals surface area (Å²) in [5, 5.41) is 1.03. The van der Waals surface area contributed by atoms with Crippen molar-refractivity contribution in [3.8, 4) is 11.5 Å². The SMILES string of the molecule is C=CCn1cc(/C=c2\sc3n(c2=O)[C@H](c2cc(OC)ccc2OC)C(C(=O)OCC)=C(C)N=3)c2ccccc21. The molecule has 200 valence electrons. The van der Waals surface area contributed by atoms with Gasteiger partial charge in [-0.25, -0.2) is 9.79 Å². The Morgan fingerprint density at radius 2 is 1.97 bits per heavy atom. The standard InChI is InChI=1S/C30H29N3O5S/c1-6-14-32-17-19(21-10-8-9-11-23(21)32)15-25-28(34)33-27(22-16-20(36-4)12-13-24(22)37-5)26(29(35)38-7-2)18(3)31-30(33)39-25/h6,8-13,15-17,27H,1,7,14H2,2-5H3/b25-15-/t27-/m1/s1. The number of esters is 1. The van der Waals surface area contributed by atoms with Crippen LogP contribution in [0.25, 0.3) is 17.0 Å². The predicted molar refractivity (Wildman–Crippen MR) is 152 cm³/mol. The monoisotopic (exact) mass is 543 g/mol. The number of allylic oxidation sites excluding steroid dienone is 2. The molecule has 0 radical (unpaired) electrons. The zero-order chi connectivity index (χ0) is 27.7. The van der Waals surface area contributed by atoms with Crippen molar-refractivity contribution < 1.29 is 19.0 Å². The molecule has 0 N–H and O–H groups in total. The topological polar surface area (TPSA) is 84.0 Å². The van der Waals surface area contributed by atoms with Gasteiger partial charge in [-0.05, 0) is 44.2 Å². The van der Waals surface area contributed by atoms with Crippen LogP contribution < -0.4 is 24.4 Å². The predicted octanol–water partition coefficient (Wildman–Crippen LogP) is 3.96. The molecule has 0 spiro atoms. The van der Waals surface area contributed by atoms with Crippen LogP contribution in [0.15, 0.2) is 82.4 Å². The average Bonchev–Trinajstić information content (AvgIpc) is 3.44. The van der Waals surface area contributed by atoms with Crippen molar-refractivity contribution >= 4 is 34.3 Å². The lowest BCUT2D eigenvalue weighted by Gasteiger charge is -2.26. The number of aromatic nitrogens is 2. The Hall–Kier alpha value is -4.37. The molecule has 0 saturated carbocycles. The third-order valence-electron chi connectivity index (χ3n) is 6.68. The Labute approximate surface area is 229 Å². The molecule has 0 amide bonds. The maximum Gasteiger partial charge on any atom is 0.338 e. The fourth-order valence-electron chi connectivity index (χ4n) is 4.96. The summed E-state index contributed by atoms with van der Waals surface area (Å²) in [5.41, 5.74) is 3.07. The molecule has 8 nitrogen and oxygen atoms in total. The van der Waals surface area contributed by atoms with E-state index >= 15 is 0 Å². The summed E-state index contributed by atoms with van der Waals surface area (Å²) >= 11 is 1.28. The summed E-state index contributed by atoms with van der Waals surface area (Å²) in [6.45, 7) is 8.20. The van der Waals surface area contributed by atoms with Crippen LogP contribution in [0.3, 0.4) is 0 Å². The van der Waals surface area contributed by atoms with Crippen molar-refractivity contribution in [3.63, 3.8) is 0 Å². The molecular formula is C30H29N3O5S. The first-order valence-electron chi connectivity index (χ1n) is 12.5. The summed E-state index contributed by atoms with van der Waals surface area (Å²) in [4.78, 5) is 32.5. The molecule has 1 aliphatic heterocycles. The van der Waals surface area contributed by atoms with Crippen molar-refractivity contribution in [2.45, 2.75) is 26.4 Å². The highest BCUT2D eigenvalue weighted by Gasteiger charge is 2.35. The Bertz CT molecular complexity index is 1810. The second-order valence-electron chi connectivity index (χ2n) is 8.95. The summed E-state index contributed by atoms with van der Waals surface area (Å²) in [6.07, 6.45) is 5.74. The number of thiazole rings is 1. The highest BCUT2D eigenvalue weighted by atomic mass is 32.1. The molecule has 0 aliphatic carbocycles. The van der Waals surface area contributed by atoms with E-state index in [0.717, 1.165) is 16.5 Å². The van der Waals surface area contributed by atoms with E-state index in [1.165, 1.54) is 11.3 Å². The molecule has 2 aromatic heterocycles. The van der Waals surface area contributed by atoms with Gasteiger partial charge in [0.15, 0.2) is 4.80 Å². The molecule has 5 rings (SSSR count). The van der Waals surface area contributed by atoms with Crippen molar-refractivity contribution in [1.82, 2.24) is 9.13 Å². The largest absolute Gasteiger partial charge is 0.497 e. The van der Waals surface area contributed by atoms with Gasteiger partial charge in [0.1, 0.15) is 17.5 Å². The highest BCUT2D eigenvalue weighted by Crippen LogP contribution is 2.37. The number of rotatable bonds is 8. The maximum atomic E-state index is 14.1. The number of ether oxygens (including phenoxy) is 3. The second-order valence-corrected chi connectivity index (χ2v) is 9.96. The number of fused-ring (bicyclic) bond motifs is 2. The third kappa shape index (κ3) is 4.59. The number of benzene rings is 2. The van der Waals surface area contributed by atoms with Gasteiger partial charge in [-0.1, -0.05) is 35.6 Å². The van der Waals surface area contributed by atoms with Gasteiger partial charge in [0.2, 0.25) is 0 Å². The second kappa shape index (κ2) is 10.8. The van der Waals surface area contributed by atoms with E-state index in [0.29, 0.717) is 38.6 Å². The molecule has 2 aromatic carbocycles. The van der Waals surface area contributed by atoms with Gasteiger partial charge in [-0.15, -0.1) is 6.58 Å². The van der Waals surface area contributed by atoms with E-state index in [1.807, 2.05) is 42.6 Å². The molecule has 0 unspecified atom stereocenters. The van der Waals surface area contributed by atoms with Gasteiger partial charge in [-0.2, -0.15) is 0 Å². The summed E-state index contributed by atoms with van der Waals surface area (Å²) < 4.78 is 20.7. The molecule has 39 heavy (non-hydrogen) atoms. The van der Waals surface area contributed by atoms with Crippen LogP contribution in [0.4, 0.5) is 0 Å². The zero-order valence-corrected chi connectivity index (χ0v) is 23.1. The van der Waals surface area contributed by atoms with Crippen LogP contribution in [0.2, 0.25) is 0 Å². The molecule has 4 aromatic rings. The lowest BCUT2D eigenvalue weighted by Crippen LogP contribution is -2.40. The molecule has 9 heteroatoms. The maximum absolute atomic E-state index is 14.1. The molecule has 0 fully saturated rings. The van der Waals surface area contributed by atoms with Crippen LogP contribution in [0.5, 0.6) is 11.5 Å². The van der Waals surface area contributed by atoms with Crippen molar-refractivity contribution in [1.29, 1.82) is 0 Å². The highest BCUT2D eigenvalue weighted by molar-refractivity contribution is 7.07. The Morgan fingerprint density at radius 1 is 1.18 bits per heavy atom. The number of hydrogen-bond acceptors (Lipinski definition) is 7. The minimum atomic E-state index is -0.811. The van der Waals surface area contributed by atoms with E-state index in [2.05, 4.69) is 16.1 Å². The number of carbonyl (C=O) groups is 1. The first kappa shape index (κ1) is 26.2. The van der Waals surface area contributed by atoms with E-state index in [1.54, 1.807) is 50.8 Å². The minimum absolute atomic E-state index is 0.191. The van der Waals surface area contributed by atoms with Gasteiger partial charge < -0.3 is 18.8 Å². The van der Waals surface area contributed by atoms with Crippen LogP contribution in [-0.2, 0) is 16.1 Å². The van der Waals surface area contributed by atoms with Crippen LogP contribution in [0, 0.1) is 0 Å². The van der Waals surface area contributed by atoms with Gasteiger partial charge in [0, 0.05) is 34.8 Å². The first-order chi connectivity index (χ1) is 18.9.